The number of nitrogens with zero attached hydrogens (tertiary/aromatic N) is 2. The van der Waals surface area contributed by atoms with E-state index in [1.807, 2.05) is 6.20 Å². The third kappa shape index (κ3) is 4.00. The molecule has 1 aromatic heterocycles. The first-order chi connectivity index (χ1) is 10.1. The molecule has 0 bridgehead atoms. The molecule has 1 saturated heterocycles. The summed E-state index contributed by atoms with van der Waals surface area (Å²) in [5, 5.41) is 0.635. The summed E-state index contributed by atoms with van der Waals surface area (Å²) in [7, 11) is 0. The molecule has 3 rings (SSSR count). The van der Waals surface area contributed by atoms with Gasteiger partial charge in [-0.3, -0.25) is 4.90 Å². The van der Waals surface area contributed by atoms with Crippen molar-refractivity contribution in [1.29, 1.82) is 0 Å². The van der Waals surface area contributed by atoms with E-state index in [2.05, 4.69) is 57.0 Å². The van der Waals surface area contributed by atoms with Gasteiger partial charge in [-0.15, -0.1) is 23.7 Å². The van der Waals surface area contributed by atoms with Crippen LogP contribution in [0.2, 0.25) is 0 Å². The highest BCUT2D eigenvalue weighted by molar-refractivity contribution is 9.10. The Morgan fingerprint density at radius 3 is 2.77 bits per heavy atom. The normalized spacial score (nSPS) is 22.3. The van der Waals surface area contributed by atoms with Crippen molar-refractivity contribution in [3.8, 4) is 0 Å². The molecule has 2 aromatic rings. The van der Waals surface area contributed by atoms with Crippen LogP contribution in [0.15, 0.2) is 34.9 Å². The Morgan fingerprint density at radius 2 is 2.14 bits per heavy atom. The molecule has 7 heteroatoms. The molecule has 2 N–H and O–H groups in total. The number of anilines is 1. The van der Waals surface area contributed by atoms with Crippen LogP contribution in [0.5, 0.6) is 0 Å². The quantitative estimate of drug-likeness (QED) is 0.843. The minimum atomic E-state index is 0. The van der Waals surface area contributed by atoms with Crippen molar-refractivity contribution < 1.29 is 4.74 Å². The SMILES string of the molecule is CC1C(c2ccc(Br)cc2)OCCN1Cc1cnc(N)s1.Cl. The molecule has 0 radical (unpaired) electrons. The van der Waals surface area contributed by atoms with Gasteiger partial charge >= 0.3 is 0 Å². The zero-order valence-electron chi connectivity index (χ0n) is 12.2. The monoisotopic (exact) mass is 403 g/mol. The molecular formula is C15H19BrClN3OS. The standard InChI is InChI=1S/C15H18BrN3OS.ClH/c1-10-14(11-2-4-12(16)5-3-11)20-7-6-19(10)9-13-8-18-15(17)21-13;/h2-5,8,10,14H,6-7,9H2,1H3,(H2,17,18);1H. The van der Waals surface area contributed by atoms with E-state index in [0.29, 0.717) is 11.2 Å². The Bertz CT molecular complexity index is 607. The van der Waals surface area contributed by atoms with E-state index >= 15 is 0 Å². The molecule has 0 aliphatic carbocycles. The summed E-state index contributed by atoms with van der Waals surface area (Å²) in [6, 6.07) is 8.70. The summed E-state index contributed by atoms with van der Waals surface area (Å²) in [6.45, 7) is 4.79. The number of thiazole rings is 1. The summed E-state index contributed by atoms with van der Waals surface area (Å²) >= 11 is 5.03. The van der Waals surface area contributed by atoms with Gasteiger partial charge in [-0.2, -0.15) is 0 Å². The van der Waals surface area contributed by atoms with Gasteiger partial charge in [0.2, 0.25) is 0 Å². The average Bonchev–Trinajstić information content (AvgIpc) is 2.88. The average molecular weight is 405 g/mol. The topological polar surface area (TPSA) is 51.4 Å². The van der Waals surface area contributed by atoms with E-state index in [1.54, 1.807) is 11.3 Å². The van der Waals surface area contributed by atoms with Crippen molar-refractivity contribution in [2.24, 2.45) is 0 Å². The summed E-state index contributed by atoms with van der Waals surface area (Å²) in [4.78, 5) is 7.77. The van der Waals surface area contributed by atoms with Crippen molar-refractivity contribution in [2.75, 3.05) is 18.9 Å². The van der Waals surface area contributed by atoms with Crippen LogP contribution in [-0.2, 0) is 11.3 Å². The number of ether oxygens (including phenoxy) is 1. The Balaban J connectivity index is 0.00000176. The fraction of sp³-hybridized carbons (Fsp3) is 0.400. The molecule has 1 fully saturated rings. The lowest BCUT2D eigenvalue weighted by molar-refractivity contribution is -0.0699. The maximum atomic E-state index is 6.00. The number of benzene rings is 1. The maximum absolute atomic E-state index is 6.00. The molecule has 0 spiro atoms. The van der Waals surface area contributed by atoms with Crippen LogP contribution >= 0.6 is 39.7 Å². The van der Waals surface area contributed by atoms with Gasteiger partial charge in [-0.25, -0.2) is 4.98 Å². The highest BCUT2D eigenvalue weighted by Gasteiger charge is 2.30. The van der Waals surface area contributed by atoms with E-state index in [9.17, 15) is 0 Å². The van der Waals surface area contributed by atoms with Crippen LogP contribution in [0.1, 0.15) is 23.5 Å². The summed E-state index contributed by atoms with van der Waals surface area (Å²) in [6.07, 6.45) is 1.98. The second-order valence-corrected chi connectivity index (χ2v) is 7.28. The lowest BCUT2D eigenvalue weighted by Gasteiger charge is -2.39. The van der Waals surface area contributed by atoms with E-state index in [1.165, 1.54) is 10.4 Å². The number of morpholine rings is 1. The molecule has 2 unspecified atom stereocenters. The van der Waals surface area contributed by atoms with E-state index < -0.39 is 0 Å². The first kappa shape index (κ1) is 17.7. The molecular weight excluding hydrogens is 386 g/mol. The van der Waals surface area contributed by atoms with Gasteiger partial charge in [0.05, 0.1) is 12.7 Å². The van der Waals surface area contributed by atoms with Crippen LogP contribution in [0.4, 0.5) is 5.13 Å². The van der Waals surface area contributed by atoms with Crippen LogP contribution in [-0.4, -0.2) is 29.1 Å². The molecule has 1 aliphatic heterocycles. The van der Waals surface area contributed by atoms with Gasteiger partial charge in [-0.05, 0) is 24.6 Å². The number of halogens is 2. The fourth-order valence-electron chi connectivity index (χ4n) is 2.68. The first-order valence-corrected chi connectivity index (χ1v) is 8.56. The first-order valence-electron chi connectivity index (χ1n) is 6.95. The van der Waals surface area contributed by atoms with Gasteiger partial charge in [0, 0.05) is 34.7 Å². The van der Waals surface area contributed by atoms with Gasteiger partial charge in [0.25, 0.3) is 0 Å². The van der Waals surface area contributed by atoms with Crippen LogP contribution < -0.4 is 5.73 Å². The molecule has 120 valence electrons. The molecule has 2 atom stereocenters. The number of rotatable bonds is 3. The van der Waals surface area contributed by atoms with Crippen molar-refractivity contribution in [3.05, 3.63) is 45.4 Å². The van der Waals surface area contributed by atoms with E-state index in [0.717, 1.165) is 24.2 Å². The van der Waals surface area contributed by atoms with Crippen molar-refractivity contribution in [1.82, 2.24) is 9.88 Å². The molecule has 0 amide bonds. The van der Waals surface area contributed by atoms with Crippen molar-refractivity contribution >= 4 is 44.8 Å². The van der Waals surface area contributed by atoms with Gasteiger partial charge in [0.1, 0.15) is 0 Å². The largest absolute Gasteiger partial charge is 0.375 e. The number of nitrogens with two attached hydrogens (primary N) is 1. The minimum Gasteiger partial charge on any atom is -0.375 e. The molecule has 22 heavy (non-hydrogen) atoms. The predicted octanol–water partition coefficient (Wildman–Crippen LogP) is 3.87. The minimum absolute atomic E-state index is 0. The third-order valence-corrected chi connectivity index (χ3v) is 5.16. The van der Waals surface area contributed by atoms with Gasteiger partial charge in [0.15, 0.2) is 5.13 Å². The second kappa shape index (κ2) is 7.75. The Kier molecular flexibility index (Phi) is 6.23. The fourth-order valence-corrected chi connectivity index (χ4v) is 3.65. The van der Waals surface area contributed by atoms with E-state index in [4.69, 9.17) is 10.5 Å². The van der Waals surface area contributed by atoms with Crippen molar-refractivity contribution in [2.45, 2.75) is 25.6 Å². The zero-order valence-corrected chi connectivity index (χ0v) is 15.5. The smallest absolute Gasteiger partial charge is 0.180 e. The predicted molar refractivity (Wildman–Crippen MR) is 96.5 cm³/mol. The molecule has 1 aliphatic rings. The van der Waals surface area contributed by atoms with Crippen LogP contribution in [0, 0.1) is 0 Å². The maximum Gasteiger partial charge on any atom is 0.180 e. The van der Waals surface area contributed by atoms with Crippen LogP contribution in [0.25, 0.3) is 0 Å². The molecule has 4 nitrogen and oxygen atoms in total. The van der Waals surface area contributed by atoms with Crippen molar-refractivity contribution in [3.63, 3.8) is 0 Å². The van der Waals surface area contributed by atoms with E-state index in [-0.39, 0.29) is 18.5 Å². The number of hydrogen-bond acceptors (Lipinski definition) is 5. The zero-order chi connectivity index (χ0) is 14.8. The molecule has 2 heterocycles. The highest BCUT2D eigenvalue weighted by Crippen LogP contribution is 2.30. The number of hydrogen-bond donors (Lipinski definition) is 1. The lowest BCUT2D eigenvalue weighted by Crippen LogP contribution is -2.44. The highest BCUT2D eigenvalue weighted by atomic mass is 79.9. The lowest BCUT2D eigenvalue weighted by atomic mass is 10.0. The molecule has 1 aromatic carbocycles. The summed E-state index contributed by atoms with van der Waals surface area (Å²) < 4.78 is 7.08. The Labute approximate surface area is 149 Å². The number of aromatic nitrogens is 1. The Morgan fingerprint density at radius 1 is 1.41 bits per heavy atom. The summed E-state index contributed by atoms with van der Waals surface area (Å²) in [5.41, 5.74) is 6.93. The van der Waals surface area contributed by atoms with Gasteiger partial charge in [-0.1, -0.05) is 28.1 Å². The van der Waals surface area contributed by atoms with Crippen LogP contribution in [0.3, 0.4) is 0 Å². The third-order valence-electron chi connectivity index (χ3n) is 3.82. The Hall–Kier alpha value is -0.660. The molecule has 0 saturated carbocycles. The summed E-state index contributed by atoms with van der Waals surface area (Å²) in [5.74, 6) is 0. The second-order valence-electron chi connectivity index (χ2n) is 5.22. The van der Waals surface area contributed by atoms with Gasteiger partial charge < -0.3 is 10.5 Å². The number of nitrogen functional groups attached to an aromatic ring is 1.